The first-order chi connectivity index (χ1) is 17.9. The van der Waals surface area contributed by atoms with E-state index < -0.39 is 35.8 Å². The summed E-state index contributed by atoms with van der Waals surface area (Å²) in [6.07, 6.45) is -6.33. The topological polar surface area (TPSA) is 103 Å². The van der Waals surface area contributed by atoms with Crippen LogP contribution >= 0.6 is 0 Å². The molecule has 0 radical (unpaired) electrons. The quantitative estimate of drug-likeness (QED) is 0.384. The maximum atomic E-state index is 13.5. The van der Waals surface area contributed by atoms with Gasteiger partial charge in [-0.3, -0.25) is 19.9 Å². The number of nitrogens with one attached hydrogen (secondary N) is 2. The number of hydrogen-bond donors (Lipinski definition) is 2. The van der Waals surface area contributed by atoms with Gasteiger partial charge in [-0.1, -0.05) is 0 Å². The predicted octanol–water partition coefficient (Wildman–Crippen LogP) is 1.20. The molecule has 0 aliphatic carbocycles. The number of likely N-dealkylation sites (tertiary alicyclic amines) is 1. The Morgan fingerprint density at radius 3 is 2.37 bits per heavy atom. The van der Waals surface area contributed by atoms with Crippen LogP contribution in [0.4, 0.5) is 32.3 Å². The van der Waals surface area contributed by atoms with E-state index in [-0.39, 0.29) is 44.1 Å². The zero-order valence-electron chi connectivity index (χ0n) is 20.4. The molecule has 2 unspecified atom stereocenters. The summed E-state index contributed by atoms with van der Waals surface area (Å²) in [5.74, 6) is -3.23. The van der Waals surface area contributed by atoms with Crippen LogP contribution in [0.25, 0.3) is 0 Å². The number of anilines is 1. The Balaban J connectivity index is 1.20. The monoisotopic (exact) mass is 553 g/mol. The van der Waals surface area contributed by atoms with Crippen molar-refractivity contribution in [1.82, 2.24) is 30.6 Å². The lowest BCUT2D eigenvalue weighted by atomic mass is 9.94. The zero-order chi connectivity index (χ0) is 27.5. The van der Waals surface area contributed by atoms with Gasteiger partial charge in [0.2, 0.25) is 17.8 Å². The SMILES string of the molecule is O=C1NNCC(N2CCC[C@H]2COCCC(=O)N2CCN(c3ncc(C(F)(F)F)cn3)CC2)C1C(F)(F)F. The minimum absolute atomic E-state index is 0.0333. The van der Waals surface area contributed by atoms with E-state index in [1.165, 1.54) is 0 Å². The number of halogens is 6. The van der Waals surface area contributed by atoms with Gasteiger partial charge in [0, 0.05) is 57.2 Å². The van der Waals surface area contributed by atoms with Gasteiger partial charge in [0.25, 0.3) is 0 Å². The summed E-state index contributed by atoms with van der Waals surface area (Å²) in [7, 11) is 0. The molecule has 4 rings (SSSR count). The molecule has 3 aliphatic heterocycles. The highest BCUT2D eigenvalue weighted by molar-refractivity contribution is 5.80. The molecular formula is C22H29F6N7O3. The van der Waals surface area contributed by atoms with Crippen LogP contribution in [0.3, 0.4) is 0 Å². The zero-order valence-corrected chi connectivity index (χ0v) is 20.4. The Kier molecular flexibility index (Phi) is 8.62. The molecule has 38 heavy (non-hydrogen) atoms. The van der Waals surface area contributed by atoms with Gasteiger partial charge in [0.1, 0.15) is 0 Å². The highest BCUT2D eigenvalue weighted by atomic mass is 19.4. The van der Waals surface area contributed by atoms with Gasteiger partial charge in [0.15, 0.2) is 5.92 Å². The third kappa shape index (κ3) is 6.64. The predicted molar refractivity (Wildman–Crippen MR) is 120 cm³/mol. The maximum Gasteiger partial charge on any atom is 0.419 e. The van der Waals surface area contributed by atoms with E-state index in [0.29, 0.717) is 45.6 Å². The molecule has 4 heterocycles. The van der Waals surface area contributed by atoms with E-state index in [9.17, 15) is 35.9 Å². The average Bonchev–Trinajstić information content (AvgIpc) is 3.34. The smallest absolute Gasteiger partial charge is 0.379 e. The molecule has 0 saturated carbocycles. The second-order valence-corrected chi connectivity index (χ2v) is 9.45. The van der Waals surface area contributed by atoms with E-state index in [1.54, 1.807) is 14.7 Å². The molecule has 2 N–H and O–H groups in total. The summed E-state index contributed by atoms with van der Waals surface area (Å²) in [5.41, 5.74) is 3.67. The molecule has 0 bridgehead atoms. The Hall–Kier alpha value is -2.72. The molecule has 0 aromatic carbocycles. The summed E-state index contributed by atoms with van der Waals surface area (Å²) >= 11 is 0. The van der Waals surface area contributed by atoms with Gasteiger partial charge in [-0.2, -0.15) is 26.3 Å². The molecule has 0 spiro atoms. The number of alkyl halides is 6. The molecule has 16 heteroatoms. The molecule has 3 saturated heterocycles. The van der Waals surface area contributed by atoms with Gasteiger partial charge in [-0.15, -0.1) is 0 Å². The Bertz CT molecular complexity index is 970. The van der Waals surface area contributed by atoms with Crippen LogP contribution in [0.15, 0.2) is 12.4 Å². The number of aromatic nitrogens is 2. The molecule has 1 aromatic rings. The first-order valence-corrected chi connectivity index (χ1v) is 12.3. The van der Waals surface area contributed by atoms with Crippen molar-refractivity contribution in [2.24, 2.45) is 5.92 Å². The van der Waals surface area contributed by atoms with Crippen molar-refractivity contribution in [3.05, 3.63) is 18.0 Å². The average molecular weight is 554 g/mol. The molecule has 212 valence electrons. The van der Waals surface area contributed by atoms with Gasteiger partial charge in [0.05, 0.1) is 25.2 Å². The van der Waals surface area contributed by atoms with Crippen LogP contribution in [-0.2, 0) is 20.5 Å². The van der Waals surface area contributed by atoms with Crippen molar-refractivity contribution in [2.75, 3.05) is 57.4 Å². The fourth-order valence-electron chi connectivity index (χ4n) is 5.09. The summed E-state index contributed by atoms with van der Waals surface area (Å²) in [6, 6.07) is -1.33. The highest BCUT2D eigenvalue weighted by Crippen LogP contribution is 2.35. The van der Waals surface area contributed by atoms with E-state index in [4.69, 9.17) is 4.74 Å². The molecule has 10 nitrogen and oxygen atoms in total. The van der Waals surface area contributed by atoms with Crippen molar-refractivity contribution in [3.63, 3.8) is 0 Å². The van der Waals surface area contributed by atoms with Gasteiger partial charge >= 0.3 is 12.4 Å². The summed E-state index contributed by atoms with van der Waals surface area (Å²) in [5, 5.41) is 0. The minimum Gasteiger partial charge on any atom is -0.379 e. The van der Waals surface area contributed by atoms with Crippen LogP contribution in [-0.4, -0.2) is 102 Å². The highest BCUT2D eigenvalue weighted by Gasteiger charge is 2.54. The van der Waals surface area contributed by atoms with E-state index in [0.717, 1.165) is 12.4 Å². The van der Waals surface area contributed by atoms with E-state index in [2.05, 4.69) is 20.8 Å². The molecule has 3 aliphatic rings. The molecule has 3 atom stereocenters. The van der Waals surface area contributed by atoms with Crippen molar-refractivity contribution in [2.45, 2.75) is 43.7 Å². The van der Waals surface area contributed by atoms with Crippen molar-refractivity contribution >= 4 is 17.8 Å². The number of hydrogen-bond acceptors (Lipinski definition) is 8. The molecule has 1 aromatic heterocycles. The Morgan fingerprint density at radius 2 is 1.74 bits per heavy atom. The third-order valence-corrected chi connectivity index (χ3v) is 7.04. The number of carbonyl (C=O) groups excluding carboxylic acids is 2. The number of hydrazine groups is 1. The standard InChI is InChI=1S/C22H29F6N7O3/c23-21(24,25)14-10-29-20(30-11-14)34-7-5-33(6-8-34)17(36)3-9-38-13-15-2-1-4-35(15)16-12-31-32-19(37)18(16)22(26,27)28/h10-11,15-16,18,31H,1-9,12-13H2,(H,32,37)/t15-,16?,18?/m0/s1. The fraction of sp³-hybridized carbons (Fsp3) is 0.727. The Labute approximate surface area is 214 Å². The van der Waals surface area contributed by atoms with Crippen LogP contribution in [0.1, 0.15) is 24.8 Å². The fourth-order valence-corrected chi connectivity index (χ4v) is 5.09. The lowest BCUT2D eigenvalue weighted by Crippen LogP contribution is -2.65. The number of nitrogens with zero attached hydrogens (tertiary/aromatic N) is 5. The second-order valence-electron chi connectivity index (χ2n) is 9.45. The lowest BCUT2D eigenvalue weighted by Gasteiger charge is -2.40. The lowest BCUT2D eigenvalue weighted by molar-refractivity contribution is -0.201. The maximum absolute atomic E-state index is 13.5. The van der Waals surface area contributed by atoms with E-state index in [1.807, 2.05) is 0 Å². The summed E-state index contributed by atoms with van der Waals surface area (Å²) in [6.45, 7) is 2.04. The van der Waals surface area contributed by atoms with Crippen molar-refractivity contribution in [1.29, 1.82) is 0 Å². The number of rotatable bonds is 7. The van der Waals surface area contributed by atoms with Crippen LogP contribution in [0, 0.1) is 5.92 Å². The van der Waals surface area contributed by atoms with Gasteiger partial charge in [-0.25, -0.2) is 15.4 Å². The third-order valence-electron chi connectivity index (χ3n) is 7.04. The van der Waals surface area contributed by atoms with Crippen molar-refractivity contribution in [3.8, 4) is 0 Å². The number of amides is 2. The largest absolute Gasteiger partial charge is 0.419 e. The number of carbonyl (C=O) groups is 2. The Morgan fingerprint density at radius 1 is 1.05 bits per heavy atom. The van der Waals surface area contributed by atoms with Crippen LogP contribution < -0.4 is 15.8 Å². The van der Waals surface area contributed by atoms with E-state index >= 15 is 0 Å². The number of ether oxygens (including phenoxy) is 1. The summed E-state index contributed by atoms with van der Waals surface area (Å²) in [4.78, 5) is 37.0. The second kappa shape index (κ2) is 11.6. The number of piperazine rings is 1. The van der Waals surface area contributed by atoms with Crippen molar-refractivity contribution < 1.29 is 40.7 Å². The van der Waals surface area contributed by atoms with Gasteiger partial charge in [-0.05, 0) is 19.4 Å². The normalized spacial score (nSPS) is 25.5. The van der Waals surface area contributed by atoms with Crippen LogP contribution in [0.2, 0.25) is 0 Å². The molecule has 2 amide bonds. The van der Waals surface area contributed by atoms with Crippen LogP contribution in [0.5, 0.6) is 0 Å². The first kappa shape index (κ1) is 28.3. The minimum atomic E-state index is -4.67. The molecule has 3 fully saturated rings. The summed E-state index contributed by atoms with van der Waals surface area (Å²) < 4.78 is 84.3. The first-order valence-electron chi connectivity index (χ1n) is 12.3. The van der Waals surface area contributed by atoms with Gasteiger partial charge < -0.3 is 14.5 Å². The molecular weight excluding hydrogens is 524 g/mol.